The number of ether oxygens (including phenoxy) is 1. The molecule has 0 aliphatic rings. The Bertz CT molecular complexity index is 441. The van der Waals surface area contributed by atoms with Crippen LogP contribution in [0.25, 0.3) is 0 Å². The van der Waals surface area contributed by atoms with Crippen LogP contribution in [0.4, 0.5) is 8.78 Å². The third kappa shape index (κ3) is 4.85. The van der Waals surface area contributed by atoms with Crippen molar-refractivity contribution in [3.63, 3.8) is 0 Å². The first-order valence-corrected chi connectivity index (χ1v) is 6.06. The quantitative estimate of drug-likeness (QED) is 0.828. The maximum atomic E-state index is 13.5. The molecule has 19 heavy (non-hydrogen) atoms. The van der Waals surface area contributed by atoms with Crippen LogP contribution in [0.1, 0.15) is 44.0 Å². The Balaban J connectivity index is 2.67. The van der Waals surface area contributed by atoms with Crippen molar-refractivity contribution in [2.24, 2.45) is 5.41 Å². The zero-order valence-corrected chi connectivity index (χ0v) is 11.3. The van der Waals surface area contributed by atoms with Gasteiger partial charge in [-0.15, -0.1) is 0 Å². The second-order valence-electron chi connectivity index (χ2n) is 5.59. The molecular formula is C14H18F2O3. The molecule has 0 radical (unpaired) electrons. The molecule has 1 aromatic rings. The first-order valence-electron chi connectivity index (χ1n) is 6.06. The summed E-state index contributed by atoms with van der Waals surface area (Å²) in [6.07, 6.45) is 1.53. The number of aromatic carboxylic acids is 1. The second-order valence-corrected chi connectivity index (χ2v) is 5.59. The van der Waals surface area contributed by atoms with E-state index in [1.165, 1.54) is 0 Å². The van der Waals surface area contributed by atoms with E-state index in [4.69, 9.17) is 9.84 Å². The van der Waals surface area contributed by atoms with Gasteiger partial charge in [-0.25, -0.2) is 13.6 Å². The van der Waals surface area contributed by atoms with Crippen LogP contribution in [0.2, 0.25) is 0 Å². The van der Waals surface area contributed by atoms with E-state index in [-0.39, 0.29) is 12.0 Å². The number of hydrogen-bond acceptors (Lipinski definition) is 2. The largest absolute Gasteiger partial charge is 0.488 e. The Kier molecular flexibility index (Phi) is 4.86. The standard InChI is InChI=1S/C14H18F2O3/c1-14(2,3)5-4-6-19-12-10(15)7-9(13(17)18)8-11(12)16/h7-8H,4-6H2,1-3H3,(H,17,18). The van der Waals surface area contributed by atoms with Crippen LogP contribution in [-0.4, -0.2) is 17.7 Å². The van der Waals surface area contributed by atoms with Gasteiger partial charge in [0.25, 0.3) is 0 Å². The molecule has 0 atom stereocenters. The van der Waals surface area contributed by atoms with Crippen LogP contribution < -0.4 is 4.74 Å². The van der Waals surface area contributed by atoms with E-state index < -0.39 is 28.9 Å². The summed E-state index contributed by atoms with van der Waals surface area (Å²) < 4.78 is 32.1. The van der Waals surface area contributed by atoms with Gasteiger partial charge in [0, 0.05) is 0 Å². The Labute approximate surface area is 111 Å². The van der Waals surface area contributed by atoms with Crippen LogP contribution in [0, 0.1) is 17.0 Å². The maximum Gasteiger partial charge on any atom is 0.335 e. The van der Waals surface area contributed by atoms with Crippen molar-refractivity contribution in [3.05, 3.63) is 29.3 Å². The minimum Gasteiger partial charge on any atom is -0.488 e. The zero-order valence-electron chi connectivity index (χ0n) is 11.3. The number of carboxylic acids is 1. The highest BCUT2D eigenvalue weighted by Crippen LogP contribution is 2.25. The lowest BCUT2D eigenvalue weighted by molar-refractivity contribution is 0.0695. The van der Waals surface area contributed by atoms with E-state index in [1.807, 2.05) is 0 Å². The number of carboxylic acid groups (broad SMARTS) is 1. The number of halogens is 2. The molecule has 0 saturated heterocycles. The van der Waals surface area contributed by atoms with E-state index in [2.05, 4.69) is 20.8 Å². The Morgan fingerprint density at radius 2 is 1.79 bits per heavy atom. The fourth-order valence-electron chi connectivity index (χ4n) is 1.60. The lowest BCUT2D eigenvalue weighted by atomic mass is 9.91. The predicted molar refractivity (Wildman–Crippen MR) is 67.5 cm³/mol. The number of hydrogen-bond donors (Lipinski definition) is 1. The maximum absolute atomic E-state index is 13.5. The van der Waals surface area contributed by atoms with Crippen molar-refractivity contribution in [2.45, 2.75) is 33.6 Å². The molecule has 0 aromatic heterocycles. The third-order valence-corrected chi connectivity index (χ3v) is 2.56. The van der Waals surface area contributed by atoms with Crippen molar-refractivity contribution >= 4 is 5.97 Å². The topological polar surface area (TPSA) is 46.5 Å². The van der Waals surface area contributed by atoms with Crippen LogP contribution in [0.5, 0.6) is 5.75 Å². The molecule has 0 fully saturated rings. The molecule has 0 aliphatic heterocycles. The Morgan fingerprint density at radius 1 is 1.26 bits per heavy atom. The van der Waals surface area contributed by atoms with E-state index >= 15 is 0 Å². The fraction of sp³-hybridized carbons (Fsp3) is 0.500. The van der Waals surface area contributed by atoms with Crippen LogP contribution in [0.15, 0.2) is 12.1 Å². The average Bonchev–Trinajstić information content (AvgIpc) is 2.25. The Hall–Kier alpha value is -1.65. The van der Waals surface area contributed by atoms with E-state index in [0.717, 1.165) is 18.6 Å². The molecule has 5 heteroatoms. The molecule has 0 unspecified atom stereocenters. The molecule has 1 aromatic carbocycles. The smallest absolute Gasteiger partial charge is 0.335 e. The highest BCUT2D eigenvalue weighted by Gasteiger charge is 2.16. The number of rotatable bonds is 5. The predicted octanol–water partition coefficient (Wildman–Crippen LogP) is 3.87. The van der Waals surface area contributed by atoms with Crippen molar-refractivity contribution < 1.29 is 23.4 Å². The molecule has 1 N–H and O–H groups in total. The van der Waals surface area contributed by atoms with E-state index in [9.17, 15) is 13.6 Å². The monoisotopic (exact) mass is 272 g/mol. The van der Waals surface area contributed by atoms with Gasteiger partial charge in [0.1, 0.15) is 0 Å². The average molecular weight is 272 g/mol. The van der Waals surface area contributed by atoms with Gasteiger partial charge in [-0.05, 0) is 30.4 Å². The minimum absolute atomic E-state index is 0.133. The first-order chi connectivity index (χ1) is 8.70. The summed E-state index contributed by atoms with van der Waals surface area (Å²) in [6.45, 7) is 6.39. The van der Waals surface area contributed by atoms with Gasteiger partial charge < -0.3 is 9.84 Å². The highest BCUT2D eigenvalue weighted by atomic mass is 19.1. The lowest BCUT2D eigenvalue weighted by Crippen LogP contribution is -2.09. The molecule has 0 aliphatic carbocycles. The van der Waals surface area contributed by atoms with E-state index in [1.54, 1.807) is 0 Å². The van der Waals surface area contributed by atoms with Crippen molar-refractivity contribution in [2.75, 3.05) is 6.61 Å². The zero-order chi connectivity index (χ0) is 14.6. The molecule has 0 bridgehead atoms. The summed E-state index contributed by atoms with van der Waals surface area (Å²) in [4.78, 5) is 10.6. The highest BCUT2D eigenvalue weighted by molar-refractivity contribution is 5.87. The second kappa shape index (κ2) is 5.99. The summed E-state index contributed by atoms with van der Waals surface area (Å²) >= 11 is 0. The van der Waals surface area contributed by atoms with Crippen LogP contribution in [0.3, 0.4) is 0 Å². The van der Waals surface area contributed by atoms with Gasteiger partial charge in [0.05, 0.1) is 12.2 Å². The number of carbonyl (C=O) groups is 1. The molecule has 1 rings (SSSR count). The summed E-state index contributed by atoms with van der Waals surface area (Å²) in [5.74, 6) is -3.88. The fourth-order valence-corrected chi connectivity index (χ4v) is 1.60. The molecular weight excluding hydrogens is 254 g/mol. The summed E-state index contributed by atoms with van der Waals surface area (Å²) in [6, 6.07) is 1.51. The molecule has 0 amide bonds. The normalized spacial score (nSPS) is 11.4. The van der Waals surface area contributed by atoms with Gasteiger partial charge in [-0.1, -0.05) is 20.8 Å². The molecule has 0 saturated carbocycles. The Morgan fingerprint density at radius 3 is 2.21 bits per heavy atom. The number of benzene rings is 1. The van der Waals surface area contributed by atoms with Crippen LogP contribution >= 0.6 is 0 Å². The summed E-state index contributed by atoms with van der Waals surface area (Å²) in [5.41, 5.74) is -0.301. The van der Waals surface area contributed by atoms with Crippen molar-refractivity contribution in [3.8, 4) is 5.75 Å². The first kappa shape index (κ1) is 15.4. The van der Waals surface area contributed by atoms with Crippen molar-refractivity contribution in [1.82, 2.24) is 0 Å². The third-order valence-electron chi connectivity index (χ3n) is 2.56. The molecule has 3 nitrogen and oxygen atoms in total. The van der Waals surface area contributed by atoms with Gasteiger partial charge >= 0.3 is 5.97 Å². The minimum atomic E-state index is -1.38. The van der Waals surface area contributed by atoms with Crippen molar-refractivity contribution in [1.29, 1.82) is 0 Å². The van der Waals surface area contributed by atoms with Gasteiger partial charge in [0.15, 0.2) is 17.4 Å². The SMILES string of the molecule is CC(C)(C)CCCOc1c(F)cc(C(=O)O)cc1F. The van der Waals surface area contributed by atoms with E-state index in [0.29, 0.717) is 6.42 Å². The van der Waals surface area contributed by atoms with Crippen LogP contribution in [-0.2, 0) is 0 Å². The molecule has 0 spiro atoms. The van der Waals surface area contributed by atoms with Gasteiger partial charge in [-0.3, -0.25) is 0 Å². The lowest BCUT2D eigenvalue weighted by Gasteiger charge is -2.18. The summed E-state index contributed by atoms with van der Waals surface area (Å²) in [7, 11) is 0. The van der Waals surface area contributed by atoms with Gasteiger partial charge in [0.2, 0.25) is 0 Å². The summed E-state index contributed by atoms with van der Waals surface area (Å²) in [5, 5.41) is 8.65. The molecule has 0 heterocycles. The molecule has 106 valence electrons. The van der Waals surface area contributed by atoms with Gasteiger partial charge in [-0.2, -0.15) is 0 Å².